The Morgan fingerprint density at radius 3 is 2.37 bits per heavy atom. The number of nitrogens with zero attached hydrogens (tertiary/aromatic N) is 2. The lowest BCUT2D eigenvalue weighted by molar-refractivity contribution is -0.116. The van der Waals surface area contributed by atoms with E-state index in [1.54, 1.807) is 66.7 Å². The Morgan fingerprint density at radius 2 is 1.67 bits per heavy atom. The lowest BCUT2D eigenvalue weighted by Crippen LogP contribution is -2.40. The zero-order chi connectivity index (χ0) is 21.3. The molecule has 0 spiro atoms. The second-order valence-electron chi connectivity index (χ2n) is 6.56. The van der Waals surface area contributed by atoms with E-state index in [4.69, 9.17) is 11.6 Å². The number of carbonyl (C=O) groups is 1. The van der Waals surface area contributed by atoms with Crippen molar-refractivity contribution in [3.8, 4) is 5.69 Å². The van der Waals surface area contributed by atoms with E-state index < -0.39 is 11.2 Å². The monoisotopic (exact) mass is 483 g/mol. The molecule has 0 aliphatic rings. The highest BCUT2D eigenvalue weighted by molar-refractivity contribution is 9.10. The Hall–Kier alpha value is -3.16. The third kappa shape index (κ3) is 3.94. The van der Waals surface area contributed by atoms with Crippen LogP contribution in [0.3, 0.4) is 0 Å². The molecule has 4 aromatic rings. The molecule has 3 aromatic carbocycles. The van der Waals surface area contributed by atoms with Crippen LogP contribution in [0.4, 0.5) is 5.69 Å². The number of carbonyl (C=O) groups excluding carboxylic acids is 1. The van der Waals surface area contributed by atoms with E-state index in [0.29, 0.717) is 31.8 Å². The molecule has 150 valence electrons. The molecule has 0 fully saturated rings. The minimum absolute atomic E-state index is 0.250. The molecule has 0 saturated heterocycles. The van der Waals surface area contributed by atoms with Crippen LogP contribution < -0.4 is 16.6 Å². The first-order chi connectivity index (χ1) is 14.4. The molecule has 0 radical (unpaired) electrons. The van der Waals surface area contributed by atoms with E-state index in [-0.39, 0.29) is 12.5 Å². The lowest BCUT2D eigenvalue weighted by Gasteiger charge is -2.14. The summed E-state index contributed by atoms with van der Waals surface area (Å²) in [5.41, 5.74) is 0.280. The summed E-state index contributed by atoms with van der Waals surface area (Å²) in [6.07, 6.45) is 0. The van der Waals surface area contributed by atoms with Gasteiger partial charge >= 0.3 is 5.69 Å². The molecule has 0 unspecified atom stereocenters. The fourth-order valence-electron chi connectivity index (χ4n) is 3.18. The van der Waals surface area contributed by atoms with Crippen LogP contribution in [0.5, 0.6) is 0 Å². The molecule has 1 aromatic heterocycles. The minimum atomic E-state index is -0.611. The maximum Gasteiger partial charge on any atom is 0.336 e. The molecule has 1 heterocycles. The highest BCUT2D eigenvalue weighted by Gasteiger charge is 2.17. The molecule has 6 nitrogen and oxygen atoms in total. The van der Waals surface area contributed by atoms with Gasteiger partial charge in [-0.05, 0) is 54.6 Å². The van der Waals surface area contributed by atoms with E-state index in [1.807, 2.05) is 6.07 Å². The van der Waals surface area contributed by atoms with Gasteiger partial charge in [0.2, 0.25) is 5.91 Å². The van der Waals surface area contributed by atoms with Gasteiger partial charge in [0.25, 0.3) is 5.56 Å². The number of hydrogen-bond donors (Lipinski definition) is 1. The molecular formula is C22H15BrClN3O3. The van der Waals surface area contributed by atoms with Crippen LogP contribution in [0.2, 0.25) is 5.02 Å². The Kier molecular flexibility index (Phi) is 5.57. The van der Waals surface area contributed by atoms with Gasteiger partial charge in [0.05, 0.1) is 16.6 Å². The standard InChI is InChI=1S/C22H15BrClN3O3/c23-14-6-11-19-18(12-14)21(29)27(17-9-7-15(24)8-10-17)22(30)26(19)13-20(28)25-16-4-2-1-3-5-16/h1-12H,13H2,(H,25,28). The zero-order valence-electron chi connectivity index (χ0n) is 15.5. The molecule has 1 N–H and O–H groups in total. The summed E-state index contributed by atoms with van der Waals surface area (Å²) in [6, 6.07) is 20.3. The summed E-state index contributed by atoms with van der Waals surface area (Å²) in [4.78, 5) is 39.0. The van der Waals surface area contributed by atoms with E-state index in [0.717, 1.165) is 4.57 Å². The first-order valence-corrected chi connectivity index (χ1v) is 10.2. The Balaban J connectivity index is 1.87. The number of nitrogens with one attached hydrogen (secondary N) is 1. The van der Waals surface area contributed by atoms with Gasteiger partial charge in [-0.2, -0.15) is 0 Å². The van der Waals surface area contributed by atoms with Crippen LogP contribution in [0.1, 0.15) is 0 Å². The maximum absolute atomic E-state index is 13.3. The zero-order valence-corrected chi connectivity index (χ0v) is 17.9. The van der Waals surface area contributed by atoms with Gasteiger partial charge in [0.15, 0.2) is 0 Å². The number of benzene rings is 3. The van der Waals surface area contributed by atoms with E-state index in [1.165, 1.54) is 4.57 Å². The van der Waals surface area contributed by atoms with Crippen molar-refractivity contribution < 1.29 is 4.79 Å². The van der Waals surface area contributed by atoms with Crippen LogP contribution >= 0.6 is 27.5 Å². The van der Waals surface area contributed by atoms with Gasteiger partial charge < -0.3 is 5.32 Å². The summed E-state index contributed by atoms with van der Waals surface area (Å²) < 4.78 is 3.02. The van der Waals surface area contributed by atoms with E-state index >= 15 is 0 Å². The van der Waals surface area contributed by atoms with Gasteiger partial charge in [-0.3, -0.25) is 14.2 Å². The number of aromatic nitrogens is 2. The number of fused-ring (bicyclic) bond motifs is 1. The highest BCUT2D eigenvalue weighted by Crippen LogP contribution is 2.18. The first kappa shape index (κ1) is 20.1. The van der Waals surface area contributed by atoms with Crippen LogP contribution in [0, 0.1) is 0 Å². The van der Waals surface area contributed by atoms with Gasteiger partial charge in [-0.15, -0.1) is 0 Å². The number of rotatable bonds is 4. The van der Waals surface area contributed by atoms with Crippen molar-refractivity contribution in [3.05, 3.63) is 103 Å². The topological polar surface area (TPSA) is 73.1 Å². The first-order valence-electron chi connectivity index (χ1n) is 9.00. The van der Waals surface area contributed by atoms with Crippen molar-refractivity contribution in [1.82, 2.24) is 9.13 Å². The third-order valence-electron chi connectivity index (χ3n) is 4.55. The smallest absolute Gasteiger partial charge is 0.325 e. The van der Waals surface area contributed by atoms with Gasteiger partial charge in [0, 0.05) is 15.2 Å². The molecule has 0 aliphatic carbocycles. The SMILES string of the molecule is O=C(Cn1c(=O)n(-c2ccc(Cl)cc2)c(=O)c2cc(Br)ccc21)Nc1ccccc1. The number of hydrogen-bond acceptors (Lipinski definition) is 3. The van der Waals surface area contributed by atoms with Gasteiger partial charge in [-0.25, -0.2) is 9.36 Å². The molecule has 30 heavy (non-hydrogen) atoms. The average molecular weight is 485 g/mol. The largest absolute Gasteiger partial charge is 0.336 e. The minimum Gasteiger partial charge on any atom is -0.325 e. The van der Waals surface area contributed by atoms with Crippen LogP contribution in [0.25, 0.3) is 16.6 Å². The molecule has 4 rings (SSSR count). The summed E-state index contributed by atoms with van der Waals surface area (Å²) in [6.45, 7) is -0.250. The van der Waals surface area contributed by atoms with Gasteiger partial charge in [0.1, 0.15) is 6.54 Å². The Bertz CT molecular complexity index is 1360. The average Bonchev–Trinajstić information content (AvgIpc) is 2.73. The molecule has 8 heteroatoms. The van der Waals surface area contributed by atoms with Crippen LogP contribution in [0.15, 0.2) is 86.9 Å². The Morgan fingerprint density at radius 1 is 0.967 bits per heavy atom. The lowest BCUT2D eigenvalue weighted by atomic mass is 10.2. The van der Waals surface area contributed by atoms with Crippen molar-refractivity contribution in [3.63, 3.8) is 0 Å². The third-order valence-corrected chi connectivity index (χ3v) is 5.29. The van der Waals surface area contributed by atoms with Crippen molar-refractivity contribution in [2.75, 3.05) is 5.32 Å². The highest BCUT2D eigenvalue weighted by atomic mass is 79.9. The van der Waals surface area contributed by atoms with Crippen LogP contribution in [-0.2, 0) is 11.3 Å². The number of anilines is 1. The number of amides is 1. The van der Waals surface area contributed by atoms with E-state index in [2.05, 4.69) is 21.2 Å². The summed E-state index contributed by atoms with van der Waals surface area (Å²) in [7, 11) is 0. The summed E-state index contributed by atoms with van der Waals surface area (Å²) in [5.74, 6) is -0.381. The molecule has 1 amide bonds. The van der Waals surface area contributed by atoms with Gasteiger partial charge in [-0.1, -0.05) is 45.7 Å². The number of para-hydroxylation sites is 1. The Labute approximate surface area is 184 Å². The number of halogens is 2. The van der Waals surface area contributed by atoms with Crippen molar-refractivity contribution in [2.24, 2.45) is 0 Å². The van der Waals surface area contributed by atoms with E-state index in [9.17, 15) is 14.4 Å². The summed E-state index contributed by atoms with van der Waals surface area (Å²) in [5, 5.41) is 3.56. The maximum atomic E-state index is 13.3. The molecule has 0 saturated carbocycles. The molecule has 0 atom stereocenters. The molecular weight excluding hydrogens is 470 g/mol. The quantitative estimate of drug-likeness (QED) is 0.472. The van der Waals surface area contributed by atoms with Crippen molar-refractivity contribution in [2.45, 2.75) is 6.54 Å². The molecule has 0 bridgehead atoms. The molecule has 0 aliphatic heterocycles. The van der Waals surface area contributed by atoms with Crippen molar-refractivity contribution >= 4 is 50.0 Å². The second kappa shape index (κ2) is 8.30. The second-order valence-corrected chi connectivity index (χ2v) is 7.91. The fraction of sp³-hybridized carbons (Fsp3) is 0.0455. The fourth-order valence-corrected chi connectivity index (χ4v) is 3.67. The van der Waals surface area contributed by atoms with Crippen molar-refractivity contribution in [1.29, 1.82) is 0 Å². The normalized spacial score (nSPS) is 10.9. The predicted octanol–water partition coefficient (Wildman–Crippen LogP) is 4.21. The predicted molar refractivity (Wildman–Crippen MR) is 122 cm³/mol. The summed E-state index contributed by atoms with van der Waals surface area (Å²) >= 11 is 9.30. The van der Waals surface area contributed by atoms with Crippen LogP contribution in [-0.4, -0.2) is 15.0 Å².